The van der Waals surface area contributed by atoms with Crippen LogP contribution in [0.1, 0.15) is 6.92 Å². The second-order valence-electron chi connectivity index (χ2n) is 5.04. The van der Waals surface area contributed by atoms with E-state index in [1.165, 1.54) is 6.92 Å². The minimum Gasteiger partial charge on any atom is -0.480 e. The molecule has 7 heteroatoms. The van der Waals surface area contributed by atoms with Gasteiger partial charge in [-0.25, -0.2) is 0 Å². The Hall–Kier alpha value is -1.31. The van der Waals surface area contributed by atoms with Crippen molar-refractivity contribution in [2.45, 2.75) is 6.92 Å². The summed E-state index contributed by atoms with van der Waals surface area (Å²) in [6.07, 6.45) is 0.822. The highest BCUT2D eigenvalue weighted by Gasteiger charge is 2.12. The summed E-state index contributed by atoms with van der Waals surface area (Å²) in [5.74, 6) is -0.791. The van der Waals surface area contributed by atoms with Crippen molar-refractivity contribution in [1.82, 2.24) is 14.7 Å². The molecular weight excluding hydrogens is 262 g/mol. The number of aliphatic carboxylic acids is 1. The molecule has 0 aromatic rings. The Bertz CT molecular complexity index is 323. The fourth-order valence-electron chi connectivity index (χ4n) is 1.76. The first-order valence-corrected chi connectivity index (χ1v) is 6.59. The Balaban J connectivity index is 4.16. The predicted octanol–water partition coefficient (Wildman–Crippen LogP) is -0.975. The average molecular weight is 287 g/mol. The van der Waals surface area contributed by atoms with Gasteiger partial charge in [0.1, 0.15) is 12.1 Å². The molecule has 0 spiro atoms. The molecule has 1 N–H and O–H groups in total. The molecule has 0 saturated heterocycles. The number of hydrogen-bond acceptors (Lipinski definition) is 6. The van der Waals surface area contributed by atoms with Crippen LogP contribution < -0.4 is 0 Å². The molecule has 116 valence electrons. The van der Waals surface area contributed by atoms with E-state index in [4.69, 9.17) is 5.11 Å². The van der Waals surface area contributed by atoms with E-state index in [2.05, 4.69) is 0 Å². The normalized spacial score (nSPS) is 11.3. The molecule has 0 radical (unpaired) electrons. The molecule has 0 atom stereocenters. The third-order valence-corrected chi connectivity index (χ3v) is 2.83. The molecule has 0 aromatic carbocycles. The van der Waals surface area contributed by atoms with Gasteiger partial charge in [-0.1, -0.05) is 0 Å². The maximum Gasteiger partial charge on any atom is 0.317 e. The van der Waals surface area contributed by atoms with E-state index in [1.54, 1.807) is 4.90 Å². The molecule has 20 heavy (non-hydrogen) atoms. The molecule has 0 bridgehead atoms. The number of likely N-dealkylation sites (N-methyl/N-ethyl adjacent to an activating group) is 2. The van der Waals surface area contributed by atoms with Crippen molar-refractivity contribution in [1.29, 1.82) is 0 Å². The van der Waals surface area contributed by atoms with E-state index in [1.807, 2.05) is 23.9 Å². The number of carbonyl (C=O) groups excluding carboxylic acids is 2. The number of hydrogen-bond donors (Lipinski definition) is 1. The van der Waals surface area contributed by atoms with Crippen LogP contribution in [-0.2, 0) is 14.4 Å². The van der Waals surface area contributed by atoms with E-state index in [0.717, 1.165) is 6.29 Å². The number of nitrogens with zero attached hydrogens (tertiary/aromatic N) is 3. The maximum atomic E-state index is 11.0. The number of carbonyl (C=O) groups is 3. The zero-order valence-electron chi connectivity index (χ0n) is 12.5. The molecule has 0 aromatic heterocycles. The fourth-order valence-corrected chi connectivity index (χ4v) is 1.76. The summed E-state index contributed by atoms with van der Waals surface area (Å²) < 4.78 is 0. The molecule has 0 fully saturated rings. The topological polar surface area (TPSA) is 81.2 Å². The van der Waals surface area contributed by atoms with E-state index >= 15 is 0 Å². The number of Topliss-reactive ketones (excluding diaryl/α,β-unsaturated/α-hetero) is 1. The van der Waals surface area contributed by atoms with Crippen LogP contribution in [0.4, 0.5) is 0 Å². The monoisotopic (exact) mass is 287 g/mol. The van der Waals surface area contributed by atoms with E-state index in [-0.39, 0.29) is 12.3 Å². The van der Waals surface area contributed by atoms with Crippen LogP contribution in [0.15, 0.2) is 0 Å². The zero-order valence-corrected chi connectivity index (χ0v) is 12.5. The van der Waals surface area contributed by atoms with Gasteiger partial charge in [0, 0.05) is 26.2 Å². The molecular formula is C13H25N3O4. The van der Waals surface area contributed by atoms with Crippen molar-refractivity contribution in [3.05, 3.63) is 0 Å². The van der Waals surface area contributed by atoms with Crippen LogP contribution in [0.3, 0.4) is 0 Å². The molecule has 0 saturated carbocycles. The quantitative estimate of drug-likeness (QED) is 0.462. The Morgan fingerprint density at radius 3 is 2.00 bits per heavy atom. The largest absolute Gasteiger partial charge is 0.480 e. The molecule has 0 aliphatic carbocycles. The van der Waals surface area contributed by atoms with E-state index in [9.17, 15) is 14.4 Å². The summed E-state index contributed by atoms with van der Waals surface area (Å²) in [4.78, 5) is 37.7. The Labute approximate surface area is 120 Å². The number of aldehydes is 1. The van der Waals surface area contributed by atoms with Gasteiger partial charge in [-0.05, 0) is 21.0 Å². The predicted molar refractivity (Wildman–Crippen MR) is 75.8 cm³/mol. The third kappa shape index (κ3) is 10.6. The highest BCUT2D eigenvalue weighted by molar-refractivity contribution is 5.77. The summed E-state index contributed by atoms with van der Waals surface area (Å²) in [5.41, 5.74) is 0. The van der Waals surface area contributed by atoms with Gasteiger partial charge in [0.25, 0.3) is 0 Å². The van der Waals surface area contributed by atoms with E-state index < -0.39 is 5.97 Å². The number of rotatable bonds is 12. The first-order chi connectivity index (χ1) is 9.35. The lowest BCUT2D eigenvalue weighted by molar-refractivity contribution is -0.138. The molecule has 0 aliphatic rings. The van der Waals surface area contributed by atoms with Gasteiger partial charge in [-0.3, -0.25) is 24.3 Å². The maximum absolute atomic E-state index is 11.0. The van der Waals surface area contributed by atoms with Crippen LogP contribution in [0, 0.1) is 0 Å². The third-order valence-electron chi connectivity index (χ3n) is 2.83. The Kier molecular flexibility index (Phi) is 9.79. The van der Waals surface area contributed by atoms with Crippen molar-refractivity contribution in [2.24, 2.45) is 0 Å². The molecule has 0 rings (SSSR count). The lowest BCUT2D eigenvalue weighted by atomic mass is 10.3. The summed E-state index contributed by atoms with van der Waals surface area (Å²) in [6.45, 7) is 4.60. The van der Waals surface area contributed by atoms with Gasteiger partial charge < -0.3 is 9.90 Å². The SMILES string of the molecule is CC(=O)CN(C)CCN(CCN(C)CC=O)CC(=O)O. The first kappa shape index (κ1) is 18.7. The minimum absolute atomic E-state index is 0.0388. The van der Waals surface area contributed by atoms with Crippen LogP contribution >= 0.6 is 0 Å². The van der Waals surface area contributed by atoms with Gasteiger partial charge >= 0.3 is 5.97 Å². The zero-order chi connectivity index (χ0) is 15.5. The average Bonchev–Trinajstić information content (AvgIpc) is 2.31. The first-order valence-electron chi connectivity index (χ1n) is 6.59. The van der Waals surface area contributed by atoms with Gasteiger partial charge in [-0.15, -0.1) is 0 Å². The van der Waals surface area contributed by atoms with Crippen molar-refractivity contribution in [3.8, 4) is 0 Å². The Morgan fingerprint density at radius 2 is 1.55 bits per heavy atom. The minimum atomic E-state index is -0.878. The standard InChI is InChI=1S/C13H25N3O4/c1-12(18)10-15(3)5-7-16(11-13(19)20)6-4-14(2)8-9-17/h9H,4-8,10-11H2,1-3H3,(H,19,20). The van der Waals surface area contributed by atoms with Gasteiger partial charge in [0.15, 0.2) is 0 Å². The van der Waals surface area contributed by atoms with Crippen molar-refractivity contribution in [3.63, 3.8) is 0 Å². The molecule has 0 aliphatic heterocycles. The van der Waals surface area contributed by atoms with Crippen molar-refractivity contribution >= 4 is 18.0 Å². The molecule has 0 heterocycles. The number of carboxylic acids is 1. The van der Waals surface area contributed by atoms with Crippen molar-refractivity contribution < 1.29 is 19.5 Å². The summed E-state index contributed by atoms with van der Waals surface area (Å²) >= 11 is 0. The van der Waals surface area contributed by atoms with Crippen molar-refractivity contribution in [2.75, 3.05) is 59.9 Å². The number of ketones is 1. The van der Waals surface area contributed by atoms with Crippen LogP contribution in [0.25, 0.3) is 0 Å². The lowest BCUT2D eigenvalue weighted by Crippen LogP contribution is -2.41. The second-order valence-corrected chi connectivity index (χ2v) is 5.04. The highest BCUT2D eigenvalue weighted by Crippen LogP contribution is 1.93. The summed E-state index contributed by atoms with van der Waals surface area (Å²) in [7, 11) is 3.65. The molecule has 7 nitrogen and oxygen atoms in total. The number of carboxylic acid groups (broad SMARTS) is 1. The highest BCUT2D eigenvalue weighted by atomic mass is 16.4. The van der Waals surface area contributed by atoms with Gasteiger partial charge in [0.2, 0.25) is 0 Å². The summed E-state index contributed by atoms with van der Waals surface area (Å²) in [6, 6.07) is 0. The lowest BCUT2D eigenvalue weighted by Gasteiger charge is -2.25. The molecule has 0 unspecified atom stereocenters. The summed E-state index contributed by atoms with van der Waals surface area (Å²) in [5, 5.41) is 8.88. The van der Waals surface area contributed by atoms with Gasteiger partial charge in [-0.2, -0.15) is 0 Å². The fraction of sp³-hybridized carbons (Fsp3) is 0.769. The van der Waals surface area contributed by atoms with E-state index in [0.29, 0.717) is 39.3 Å². The smallest absolute Gasteiger partial charge is 0.317 e. The Morgan fingerprint density at radius 1 is 1.00 bits per heavy atom. The van der Waals surface area contributed by atoms with Crippen LogP contribution in [0.5, 0.6) is 0 Å². The van der Waals surface area contributed by atoms with Crippen LogP contribution in [0.2, 0.25) is 0 Å². The second kappa shape index (κ2) is 10.5. The van der Waals surface area contributed by atoms with Gasteiger partial charge in [0.05, 0.1) is 19.6 Å². The molecule has 0 amide bonds. The van der Waals surface area contributed by atoms with Crippen LogP contribution in [-0.4, -0.2) is 97.8 Å².